The molecule has 1 spiro atoms. The molecule has 2 heterocycles. The molecule has 38 heavy (non-hydrogen) atoms. The number of nitrogens with one attached hydrogen (secondary N) is 2. The molecule has 0 aliphatic carbocycles. The summed E-state index contributed by atoms with van der Waals surface area (Å²) in [5.74, 6) is -0.241. The minimum absolute atomic E-state index is 0.0878. The lowest BCUT2D eigenvalue weighted by Crippen LogP contribution is -2.55. The van der Waals surface area contributed by atoms with Crippen molar-refractivity contribution in [2.75, 3.05) is 40.0 Å². The predicted molar refractivity (Wildman–Crippen MR) is 143 cm³/mol. The Morgan fingerprint density at radius 1 is 1.05 bits per heavy atom. The topological polar surface area (TPSA) is 119 Å². The number of imide groups is 1. The Morgan fingerprint density at radius 3 is 2.26 bits per heavy atom. The van der Waals surface area contributed by atoms with Gasteiger partial charge in [0.15, 0.2) is 9.84 Å². The monoisotopic (exact) mass is 541 g/mol. The van der Waals surface area contributed by atoms with Crippen molar-refractivity contribution < 1.29 is 22.8 Å². The molecule has 2 fully saturated rings. The summed E-state index contributed by atoms with van der Waals surface area (Å²) in [6, 6.07) is 15.4. The number of sulfone groups is 1. The van der Waals surface area contributed by atoms with Gasteiger partial charge in [0, 0.05) is 40.0 Å². The third-order valence-corrected chi connectivity index (χ3v) is 8.42. The van der Waals surface area contributed by atoms with Crippen molar-refractivity contribution in [1.29, 1.82) is 0 Å². The Balaban J connectivity index is 1.35. The molecule has 0 aromatic heterocycles. The average molecular weight is 542 g/mol. The molecule has 4 rings (SSSR count). The zero-order chi connectivity index (χ0) is 27.5. The zero-order valence-corrected chi connectivity index (χ0v) is 22.8. The molecule has 0 radical (unpaired) electrons. The molecule has 2 aromatic rings. The van der Waals surface area contributed by atoms with Gasteiger partial charge in [0.1, 0.15) is 5.54 Å². The molecule has 10 nitrogen and oxygen atoms in total. The van der Waals surface area contributed by atoms with Gasteiger partial charge in [-0.2, -0.15) is 0 Å². The molecule has 2 aromatic carbocycles. The lowest BCUT2D eigenvalue weighted by atomic mass is 9.87. The SMILES string of the molecule is CN(C)C(=O)N[C@@H](CCN1CCC2(CC1)NC(=O)N(Cc1ccc(S(C)(=O)=O)cc1)C2=O)c1ccccc1. The number of hydrogen-bond acceptors (Lipinski definition) is 6. The van der Waals surface area contributed by atoms with Gasteiger partial charge in [0.2, 0.25) is 0 Å². The van der Waals surface area contributed by atoms with Crippen molar-refractivity contribution in [1.82, 2.24) is 25.3 Å². The van der Waals surface area contributed by atoms with E-state index in [4.69, 9.17) is 0 Å². The second kappa shape index (κ2) is 11.1. The molecule has 2 aliphatic heterocycles. The molecule has 1 atom stereocenters. The smallest absolute Gasteiger partial charge is 0.325 e. The van der Waals surface area contributed by atoms with Gasteiger partial charge in [-0.15, -0.1) is 0 Å². The number of carbonyl (C=O) groups is 3. The van der Waals surface area contributed by atoms with E-state index >= 15 is 0 Å². The number of nitrogens with zero attached hydrogens (tertiary/aromatic N) is 3. The first-order valence-electron chi connectivity index (χ1n) is 12.7. The highest BCUT2D eigenvalue weighted by molar-refractivity contribution is 7.90. The third kappa shape index (κ3) is 6.16. The second-order valence-electron chi connectivity index (χ2n) is 10.3. The normalized spacial score (nSPS) is 18.3. The molecule has 11 heteroatoms. The van der Waals surface area contributed by atoms with Crippen LogP contribution < -0.4 is 10.6 Å². The Kier molecular flexibility index (Phi) is 8.08. The van der Waals surface area contributed by atoms with Crippen molar-refractivity contribution in [2.45, 2.75) is 42.3 Å². The van der Waals surface area contributed by atoms with Crippen molar-refractivity contribution in [3.8, 4) is 0 Å². The molecule has 5 amide bonds. The third-order valence-electron chi connectivity index (χ3n) is 7.29. The maximum Gasteiger partial charge on any atom is 0.325 e. The first kappa shape index (κ1) is 27.6. The fraction of sp³-hybridized carbons (Fsp3) is 0.444. The number of carbonyl (C=O) groups excluding carboxylic acids is 3. The van der Waals surface area contributed by atoms with Crippen LogP contribution in [-0.2, 0) is 21.2 Å². The van der Waals surface area contributed by atoms with Gasteiger partial charge in [-0.25, -0.2) is 18.0 Å². The van der Waals surface area contributed by atoms with Gasteiger partial charge in [-0.05, 0) is 42.5 Å². The highest BCUT2D eigenvalue weighted by Gasteiger charge is 2.52. The summed E-state index contributed by atoms with van der Waals surface area (Å²) in [5.41, 5.74) is 0.801. The van der Waals surface area contributed by atoms with Crippen LogP contribution in [0, 0.1) is 0 Å². The van der Waals surface area contributed by atoms with Crippen LogP contribution in [0.2, 0.25) is 0 Å². The number of piperidine rings is 1. The molecule has 2 saturated heterocycles. The predicted octanol–water partition coefficient (Wildman–Crippen LogP) is 2.38. The molecule has 2 N–H and O–H groups in total. The lowest BCUT2D eigenvalue weighted by molar-refractivity contribution is -0.133. The summed E-state index contributed by atoms with van der Waals surface area (Å²) in [6.07, 6.45) is 2.85. The van der Waals surface area contributed by atoms with E-state index in [9.17, 15) is 22.8 Å². The highest BCUT2D eigenvalue weighted by Crippen LogP contribution is 2.31. The fourth-order valence-corrected chi connectivity index (χ4v) is 5.57. The number of rotatable bonds is 8. The number of likely N-dealkylation sites (tertiary alicyclic amines) is 1. The van der Waals surface area contributed by atoms with Crippen LogP contribution in [0.25, 0.3) is 0 Å². The van der Waals surface area contributed by atoms with Crippen molar-refractivity contribution in [3.05, 3.63) is 65.7 Å². The molecule has 0 unspecified atom stereocenters. The van der Waals surface area contributed by atoms with Crippen LogP contribution in [0.3, 0.4) is 0 Å². The van der Waals surface area contributed by atoms with E-state index in [1.165, 1.54) is 21.9 Å². The fourth-order valence-electron chi connectivity index (χ4n) is 4.94. The summed E-state index contributed by atoms with van der Waals surface area (Å²) in [6.45, 7) is 2.12. The van der Waals surface area contributed by atoms with E-state index in [0.29, 0.717) is 37.9 Å². The minimum atomic E-state index is -3.32. The Bertz CT molecular complexity index is 1270. The van der Waals surface area contributed by atoms with Crippen molar-refractivity contribution >= 4 is 27.8 Å². The van der Waals surface area contributed by atoms with E-state index in [2.05, 4.69) is 15.5 Å². The van der Waals surface area contributed by atoms with Gasteiger partial charge in [0.25, 0.3) is 5.91 Å². The van der Waals surface area contributed by atoms with Gasteiger partial charge in [-0.3, -0.25) is 9.69 Å². The zero-order valence-electron chi connectivity index (χ0n) is 22.0. The number of urea groups is 2. The Hall–Kier alpha value is -3.44. The van der Waals surface area contributed by atoms with Crippen molar-refractivity contribution in [2.24, 2.45) is 0 Å². The molecular formula is C27H35N5O5S. The number of hydrogen-bond donors (Lipinski definition) is 2. The minimum Gasteiger partial charge on any atom is -0.331 e. The van der Waals surface area contributed by atoms with Crippen LogP contribution in [0.4, 0.5) is 9.59 Å². The average Bonchev–Trinajstić information content (AvgIpc) is 3.11. The van der Waals surface area contributed by atoms with Crippen LogP contribution in [-0.4, -0.2) is 86.6 Å². The summed E-state index contributed by atoms with van der Waals surface area (Å²) in [4.78, 5) is 43.6. The highest BCUT2D eigenvalue weighted by atomic mass is 32.2. The van der Waals surface area contributed by atoms with E-state index < -0.39 is 21.4 Å². The second-order valence-corrected chi connectivity index (χ2v) is 12.3. The van der Waals surface area contributed by atoms with E-state index in [-0.39, 0.29) is 29.4 Å². The van der Waals surface area contributed by atoms with E-state index in [1.54, 1.807) is 26.2 Å². The van der Waals surface area contributed by atoms with Crippen LogP contribution in [0.5, 0.6) is 0 Å². The van der Waals surface area contributed by atoms with Gasteiger partial charge >= 0.3 is 12.1 Å². The first-order chi connectivity index (χ1) is 18.0. The maximum absolute atomic E-state index is 13.3. The number of benzene rings is 2. The molecule has 0 saturated carbocycles. The number of amides is 5. The summed E-state index contributed by atoms with van der Waals surface area (Å²) in [5, 5.41) is 6.01. The summed E-state index contributed by atoms with van der Waals surface area (Å²) in [7, 11) is 0.102. The van der Waals surface area contributed by atoms with Crippen LogP contribution in [0.15, 0.2) is 59.5 Å². The largest absolute Gasteiger partial charge is 0.331 e. The van der Waals surface area contributed by atoms with Gasteiger partial charge in [-0.1, -0.05) is 42.5 Å². The van der Waals surface area contributed by atoms with Crippen LogP contribution >= 0.6 is 0 Å². The first-order valence-corrected chi connectivity index (χ1v) is 14.6. The molecule has 2 aliphatic rings. The Morgan fingerprint density at radius 2 is 1.68 bits per heavy atom. The standard InChI is InChI=1S/C27H35N5O5S/c1-30(2)25(34)28-23(21-7-5-4-6-8-21)13-16-31-17-14-27(15-18-31)24(33)32(26(35)29-27)19-20-9-11-22(12-10-20)38(3,36)37/h4-12,23H,13-19H2,1-3H3,(H,28,34)(H,29,35)/t23-/m0/s1. The lowest BCUT2D eigenvalue weighted by Gasteiger charge is -2.38. The van der Waals surface area contributed by atoms with E-state index in [0.717, 1.165) is 18.4 Å². The summed E-state index contributed by atoms with van der Waals surface area (Å²) < 4.78 is 23.4. The summed E-state index contributed by atoms with van der Waals surface area (Å²) >= 11 is 0. The quantitative estimate of drug-likeness (QED) is 0.496. The molecule has 204 valence electrons. The molecule has 0 bridgehead atoms. The van der Waals surface area contributed by atoms with Gasteiger partial charge < -0.3 is 20.4 Å². The Labute approximate surface area is 223 Å². The van der Waals surface area contributed by atoms with Crippen LogP contribution in [0.1, 0.15) is 36.4 Å². The van der Waals surface area contributed by atoms with Crippen molar-refractivity contribution in [3.63, 3.8) is 0 Å². The maximum atomic E-state index is 13.3. The van der Waals surface area contributed by atoms with Gasteiger partial charge in [0.05, 0.1) is 17.5 Å². The molecular weight excluding hydrogens is 506 g/mol. The van der Waals surface area contributed by atoms with E-state index in [1.807, 2.05) is 30.3 Å².